The standard InChI is InChI=1S/C30H44O5/c1-17(2)21(31)10-8-18(26(34)35)25-22(32)16-30(7)20-9-11-23-27(3,4)24(33)13-14-28(23,5)19(20)12-15-29(25,30)6/h9,12,17-18,22-23,25,32H,8,10-11,13-16H2,1-7H3,(H,34,35)/t18-,22-,23+,25+,28-,29-,30+/m1/s1. The van der Waals surface area contributed by atoms with Gasteiger partial charge in [0.05, 0.1) is 12.0 Å². The number of fused-ring (bicyclic) bond motifs is 5. The predicted molar refractivity (Wildman–Crippen MR) is 136 cm³/mol. The summed E-state index contributed by atoms with van der Waals surface area (Å²) in [6.07, 6.45) is 7.90. The molecule has 0 heterocycles. The highest BCUT2D eigenvalue weighted by atomic mass is 16.4. The molecule has 2 saturated carbocycles. The van der Waals surface area contributed by atoms with Crippen LogP contribution < -0.4 is 0 Å². The molecule has 5 heteroatoms. The van der Waals surface area contributed by atoms with Crippen LogP contribution in [0.2, 0.25) is 0 Å². The normalized spacial score (nSPS) is 40.8. The van der Waals surface area contributed by atoms with Crippen LogP contribution in [0.5, 0.6) is 0 Å². The summed E-state index contributed by atoms with van der Waals surface area (Å²) in [4.78, 5) is 37.6. The summed E-state index contributed by atoms with van der Waals surface area (Å²) < 4.78 is 0. The smallest absolute Gasteiger partial charge is 0.306 e. The van der Waals surface area contributed by atoms with Gasteiger partial charge >= 0.3 is 5.97 Å². The van der Waals surface area contributed by atoms with Gasteiger partial charge in [0.1, 0.15) is 11.6 Å². The van der Waals surface area contributed by atoms with Crippen molar-refractivity contribution >= 4 is 17.5 Å². The van der Waals surface area contributed by atoms with Crippen LogP contribution in [-0.2, 0) is 14.4 Å². The number of rotatable bonds is 6. The average Bonchev–Trinajstić information content (AvgIpc) is 2.97. The van der Waals surface area contributed by atoms with Crippen LogP contribution in [-0.4, -0.2) is 33.9 Å². The molecule has 0 radical (unpaired) electrons. The lowest BCUT2D eigenvalue weighted by Crippen LogP contribution is -2.53. The number of Topliss-reactive ketones (excluding diaryl/α,β-unsaturated/α-hetero) is 2. The van der Waals surface area contributed by atoms with E-state index in [0.29, 0.717) is 25.0 Å². The Labute approximate surface area is 210 Å². The fourth-order valence-corrected chi connectivity index (χ4v) is 8.68. The van der Waals surface area contributed by atoms with Crippen molar-refractivity contribution < 1.29 is 24.6 Å². The lowest BCUT2D eigenvalue weighted by molar-refractivity contribution is -0.148. The highest BCUT2D eigenvalue weighted by Gasteiger charge is 2.66. The van der Waals surface area contributed by atoms with E-state index in [1.54, 1.807) is 0 Å². The van der Waals surface area contributed by atoms with Crippen molar-refractivity contribution in [2.75, 3.05) is 0 Å². The molecular formula is C30H44O5. The number of hydrogen-bond donors (Lipinski definition) is 2. The van der Waals surface area contributed by atoms with Crippen LogP contribution in [0.4, 0.5) is 0 Å². The van der Waals surface area contributed by atoms with Crippen LogP contribution in [0.25, 0.3) is 0 Å². The number of carboxylic acid groups (broad SMARTS) is 1. The summed E-state index contributed by atoms with van der Waals surface area (Å²) >= 11 is 0. The van der Waals surface area contributed by atoms with E-state index in [-0.39, 0.29) is 46.7 Å². The lowest BCUT2D eigenvalue weighted by atomic mass is 9.44. The third-order valence-corrected chi connectivity index (χ3v) is 11.1. The van der Waals surface area contributed by atoms with Gasteiger partial charge in [0, 0.05) is 35.5 Å². The van der Waals surface area contributed by atoms with Crippen molar-refractivity contribution in [2.24, 2.45) is 45.3 Å². The summed E-state index contributed by atoms with van der Waals surface area (Å²) in [6, 6.07) is 0. The number of aliphatic carboxylic acids is 1. The monoisotopic (exact) mass is 484 g/mol. The molecule has 0 aromatic carbocycles. The summed E-state index contributed by atoms with van der Waals surface area (Å²) in [5, 5.41) is 21.6. The maximum absolute atomic E-state index is 12.8. The number of hydrogen-bond acceptors (Lipinski definition) is 4. The Morgan fingerprint density at radius 1 is 1.09 bits per heavy atom. The molecule has 0 amide bonds. The van der Waals surface area contributed by atoms with Crippen molar-refractivity contribution in [1.82, 2.24) is 0 Å². The lowest BCUT2D eigenvalue weighted by Gasteiger charge is -2.59. The first kappa shape index (κ1) is 26.3. The molecule has 0 spiro atoms. The van der Waals surface area contributed by atoms with Crippen LogP contribution in [0.15, 0.2) is 23.3 Å². The zero-order valence-electron chi connectivity index (χ0n) is 22.6. The van der Waals surface area contributed by atoms with E-state index in [1.165, 1.54) is 11.1 Å². The Morgan fingerprint density at radius 3 is 2.34 bits per heavy atom. The largest absolute Gasteiger partial charge is 0.481 e. The van der Waals surface area contributed by atoms with Crippen LogP contribution in [0.1, 0.15) is 93.4 Å². The summed E-state index contributed by atoms with van der Waals surface area (Å²) in [7, 11) is 0. The van der Waals surface area contributed by atoms with Crippen molar-refractivity contribution in [3.63, 3.8) is 0 Å². The number of carboxylic acids is 1. The van der Waals surface area contributed by atoms with E-state index in [9.17, 15) is 24.6 Å². The van der Waals surface area contributed by atoms with Crippen molar-refractivity contribution in [3.8, 4) is 0 Å². The van der Waals surface area contributed by atoms with Crippen LogP contribution in [0.3, 0.4) is 0 Å². The first-order chi connectivity index (χ1) is 16.1. The maximum Gasteiger partial charge on any atom is 0.306 e. The molecule has 194 valence electrons. The Bertz CT molecular complexity index is 1000. The molecular weight excluding hydrogens is 440 g/mol. The van der Waals surface area contributed by atoms with E-state index in [4.69, 9.17) is 0 Å². The van der Waals surface area contributed by atoms with E-state index in [0.717, 1.165) is 12.8 Å². The van der Waals surface area contributed by atoms with Crippen molar-refractivity contribution in [2.45, 2.75) is 99.5 Å². The number of carbonyl (C=O) groups excluding carboxylic acids is 2. The third-order valence-electron chi connectivity index (χ3n) is 11.1. The highest BCUT2D eigenvalue weighted by molar-refractivity contribution is 5.86. The zero-order chi connectivity index (χ0) is 26.1. The molecule has 0 aromatic rings. The number of aliphatic hydroxyl groups is 1. The topological polar surface area (TPSA) is 91.7 Å². The fraction of sp³-hybridized carbons (Fsp3) is 0.767. The maximum atomic E-state index is 12.8. The van der Waals surface area contributed by atoms with Gasteiger partial charge in [0.25, 0.3) is 0 Å². The van der Waals surface area contributed by atoms with Crippen LogP contribution in [0, 0.1) is 45.3 Å². The minimum absolute atomic E-state index is 0.0749. The van der Waals surface area contributed by atoms with Gasteiger partial charge in [-0.2, -0.15) is 0 Å². The number of ketones is 2. The third kappa shape index (κ3) is 3.62. The first-order valence-electron chi connectivity index (χ1n) is 13.5. The molecule has 2 N–H and O–H groups in total. The molecule has 7 atom stereocenters. The van der Waals surface area contributed by atoms with Crippen molar-refractivity contribution in [3.05, 3.63) is 23.3 Å². The molecule has 4 aliphatic rings. The van der Waals surface area contributed by atoms with E-state index in [1.807, 2.05) is 13.8 Å². The molecule has 0 aromatic heterocycles. The Balaban J connectivity index is 1.73. The van der Waals surface area contributed by atoms with Gasteiger partial charge in [-0.25, -0.2) is 0 Å². The molecule has 0 saturated heterocycles. The quantitative estimate of drug-likeness (QED) is 0.500. The first-order valence-corrected chi connectivity index (χ1v) is 13.5. The zero-order valence-corrected chi connectivity index (χ0v) is 22.6. The van der Waals surface area contributed by atoms with E-state index in [2.05, 4.69) is 46.8 Å². The molecule has 5 nitrogen and oxygen atoms in total. The second-order valence-electron chi connectivity index (χ2n) is 13.4. The molecule has 2 fully saturated rings. The molecule has 0 aliphatic heterocycles. The predicted octanol–water partition coefficient (Wildman–Crippen LogP) is 5.76. The van der Waals surface area contributed by atoms with Gasteiger partial charge in [-0.15, -0.1) is 0 Å². The van der Waals surface area contributed by atoms with Gasteiger partial charge in [0.2, 0.25) is 0 Å². The number of aliphatic hydroxyl groups excluding tert-OH is 1. The van der Waals surface area contributed by atoms with Gasteiger partial charge in [-0.3, -0.25) is 14.4 Å². The van der Waals surface area contributed by atoms with E-state index < -0.39 is 29.3 Å². The summed E-state index contributed by atoms with van der Waals surface area (Å²) in [6.45, 7) is 14.6. The Kier molecular flexibility index (Phi) is 6.31. The fourth-order valence-electron chi connectivity index (χ4n) is 8.68. The van der Waals surface area contributed by atoms with Crippen LogP contribution >= 0.6 is 0 Å². The molecule has 0 unspecified atom stereocenters. The number of carbonyl (C=O) groups is 3. The van der Waals surface area contributed by atoms with E-state index >= 15 is 0 Å². The second kappa shape index (κ2) is 8.39. The highest BCUT2D eigenvalue weighted by Crippen LogP contribution is 2.71. The number of allylic oxidation sites excluding steroid dienone is 4. The molecule has 4 aliphatic carbocycles. The molecule has 35 heavy (non-hydrogen) atoms. The van der Waals surface area contributed by atoms with Gasteiger partial charge in [-0.05, 0) is 60.0 Å². The average molecular weight is 485 g/mol. The SMILES string of the molecule is CC(C)C(=O)CC[C@@H](C(=O)O)[C@H]1[C@H](O)C[C@@]2(C)C3=CC[C@H]4C(C)(C)C(=O)CC[C@]4(C)C3=CC[C@]12C. The Hall–Kier alpha value is -1.75. The molecule has 4 rings (SSSR count). The summed E-state index contributed by atoms with van der Waals surface area (Å²) in [5.74, 6) is -1.54. The van der Waals surface area contributed by atoms with Gasteiger partial charge < -0.3 is 10.2 Å². The Morgan fingerprint density at radius 2 is 1.74 bits per heavy atom. The minimum atomic E-state index is -0.914. The summed E-state index contributed by atoms with van der Waals surface area (Å²) in [5.41, 5.74) is 1.35. The van der Waals surface area contributed by atoms with Crippen molar-refractivity contribution in [1.29, 1.82) is 0 Å². The minimum Gasteiger partial charge on any atom is -0.481 e. The van der Waals surface area contributed by atoms with Gasteiger partial charge in [-0.1, -0.05) is 60.6 Å². The second-order valence-corrected chi connectivity index (χ2v) is 13.4. The van der Waals surface area contributed by atoms with Gasteiger partial charge in [0.15, 0.2) is 0 Å². The molecule has 0 bridgehead atoms.